The van der Waals surface area contributed by atoms with E-state index < -0.39 is 0 Å². The summed E-state index contributed by atoms with van der Waals surface area (Å²) in [5.41, 5.74) is 1.70. The average Bonchev–Trinajstić information content (AvgIpc) is 3.32. The van der Waals surface area contributed by atoms with Crippen LogP contribution in [0, 0.1) is 0 Å². The third-order valence-corrected chi connectivity index (χ3v) is 4.05. The molecule has 0 aliphatic rings. The number of fused-ring (bicyclic) bond motifs is 1. The summed E-state index contributed by atoms with van der Waals surface area (Å²) in [6.45, 7) is 0.409. The van der Waals surface area contributed by atoms with Crippen LogP contribution in [0.3, 0.4) is 0 Å². The van der Waals surface area contributed by atoms with Gasteiger partial charge in [0.25, 0.3) is 5.91 Å². The summed E-state index contributed by atoms with van der Waals surface area (Å²) in [4.78, 5) is 12.6. The van der Waals surface area contributed by atoms with E-state index in [0.29, 0.717) is 29.2 Å². The fourth-order valence-electron chi connectivity index (χ4n) is 2.60. The Hall–Kier alpha value is -3.33. The quantitative estimate of drug-likeness (QED) is 0.570. The number of carbonyl (C=O) groups is 1. The van der Waals surface area contributed by atoms with Crippen LogP contribution in [0.4, 0.5) is 0 Å². The van der Waals surface area contributed by atoms with E-state index in [2.05, 4.69) is 31.0 Å². The number of carbonyl (C=O) groups excluding carboxylic acids is 1. The van der Waals surface area contributed by atoms with Crippen molar-refractivity contribution >= 4 is 23.2 Å². The highest BCUT2D eigenvalue weighted by atomic mass is 35.5. The van der Waals surface area contributed by atoms with Crippen molar-refractivity contribution < 1.29 is 4.79 Å². The second-order valence-corrected chi connectivity index (χ2v) is 5.90. The fraction of sp³-hybridized carbons (Fsp3) is 0.125. The molecule has 1 aromatic carbocycles. The van der Waals surface area contributed by atoms with Crippen LogP contribution in [0.15, 0.2) is 48.9 Å². The minimum Gasteiger partial charge on any atom is -0.352 e. The van der Waals surface area contributed by atoms with E-state index in [-0.39, 0.29) is 5.91 Å². The van der Waals surface area contributed by atoms with Gasteiger partial charge in [0.15, 0.2) is 5.65 Å². The van der Waals surface area contributed by atoms with E-state index in [9.17, 15) is 4.79 Å². The van der Waals surface area contributed by atoms with Crippen LogP contribution in [-0.2, 0) is 6.42 Å². The minimum atomic E-state index is -0.249. The first-order chi connectivity index (χ1) is 12.7. The maximum atomic E-state index is 12.6. The molecule has 0 bridgehead atoms. The monoisotopic (exact) mass is 368 g/mol. The lowest BCUT2D eigenvalue weighted by atomic mass is 10.1. The number of halogens is 1. The molecule has 0 saturated carbocycles. The topological polar surface area (TPSA) is 103 Å². The summed E-state index contributed by atoms with van der Waals surface area (Å²) in [6.07, 6.45) is 3.84. The van der Waals surface area contributed by atoms with Crippen LogP contribution in [0.2, 0.25) is 5.02 Å². The lowest BCUT2D eigenvalue weighted by Crippen LogP contribution is -2.27. The van der Waals surface area contributed by atoms with Crippen LogP contribution in [0.25, 0.3) is 11.3 Å². The standard InChI is InChI=1S/C16H13ClN8O/c17-11-4-5-12(13(9-11)25-10-19-22-23-25)16(26)18-7-6-15-21-20-14-3-1-2-8-24(14)15/h1-5,8-10H,6-7H2,(H,18,26). The Morgan fingerprint density at radius 2 is 2.12 bits per heavy atom. The Kier molecular flexibility index (Phi) is 4.28. The Morgan fingerprint density at radius 3 is 2.96 bits per heavy atom. The molecule has 0 fully saturated rings. The molecule has 0 spiro atoms. The highest BCUT2D eigenvalue weighted by molar-refractivity contribution is 6.31. The van der Waals surface area contributed by atoms with Crippen molar-refractivity contribution in [2.45, 2.75) is 6.42 Å². The predicted octanol–water partition coefficient (Wildman–Crippen LogP) is 1.33. The average molecular weight is 369 g/mol. The first kappa shape index (κ1) is 16.2. The first-order valence-electron chi connectivity index (χ1n) is 7.82. The molecule has 0 atom stereocenters. The van der Waals surface area contributed by atoms with Crippen LogP contribution in [-0.4, -0.2) is 47.3 Å². The molecule has 130 valence electrons. The highest BCUT2D eigenvalue weighted by Crippen LogP contribution is 2.19. The van der Waals surface area contributed by atoms with Gasteiger partial charge in [0.2, 0.25) is 0 Å². The molecule has 0 aliphatic carbocycles. The summed E-state index contributed by atoms with van der Waals surface area (Å²) in [7, 11) is 0. The smallest absolute Gasteiger partial charge is 0.253 e. The van der Waals surface area contributed by atoms with Gasteiger partial charge in [0.1, 0.15) is 12.2 Å². The van der Waals surface area contributed by atoms with E-state index in [1.807, 2.05) is 28.8 Å². The van der Waals surface area contributed by atoms with Gasteiger partial charge in [-0.05, 0) is 40.8 Å². The van der Waals surface area contributed by atoms with Crippen molar-refractivity contribution in [3.05, 3.63) is 65.3 Å². The van der Waals surface area contributed by atoms with Crippen LogP contribution in [0.1, 0.15) is 16.2 Å². The van der Waals surface area contributed by atoms with Crippen molar-refractivity contribution in [3.8, 4) is 5.69 Å². The van der Waals surface area contributed by atoms with Crippen molar-refractivity contribution in [2.24, 2.45) is 0 Å². The number of nitrogens with zero attached hydrogens (tertiary/aromatic N) is 7. The number of hydrogen-bond donors (Lipinski definition) is 1. The van der Waals surface area contributed by atoms with Crippen LogP contribution in [0.5, 0.6) is 0 Å². The van der Waals surface area contributed by atoms with Crippen molar-refractivity contribution in [2.75, 3.05) is 6.54 Å². The molecule has 1 amide bonds. The SMILES string of the molecule is O=C(NCCc1nnc2ccccn12)c1ccc(Cl)cc1-n1cnnn1. The maximum absolute atomic E-state index is 12.6. The van der Waals surface area contributed by atoms with E-state index >= 15 is 0 Å². The zero-order valence-electron chi connectivity index (χ0n) is 13.4. The van der Waals surface area contributed by atoms with Gasteiger partial charge in [0, 0.05) is 24.2 Å². The van der Waals surface area contributed by atoms with E-state index in [1.165, 1.54) is 11.0 Å². The molecule has 3 heterocycles. The van der Waals surface area contributed by atoms with Gasteiger partial charge in [-0.1, -0.05) is 17.7 Å². The molecule has 10 heteroatoms. The minimum absolute atomic E-state index is 0.249. The molecule has 3 aromatic heterocycles. The molecule has 9 nitrogen and oxygen atoms in total. The number of aromatic nitrogens is 7. The molecular formula is C16H13ClN8O. The summed E-state index contributed by atoms with van der Waals surface area (Å²) >= 11 is 6.03. The normalized spacial score (nSPS) is 11.0. The molecule has 0 unspecified atom stereocenters. The lowest BCUT2D eigenvalue weighted by Gasteiger charge is -2.09. The Bertz CT molecular complexity index is 1060. The van der Waals surface area contributed by atoms with Crippen molar-refractivity contribution in [3.63, 3.8) is 0 Å². The summed E-state index contributed by atoms with van der Waals surface area (Å²) in [6, 6.07) is 10.6. The van der Waals surface area contributed by atoms with E-state index in [1.54, 1.807) is 18.2 Å². The Labute approximate surface area is 152 Å². The van der Waals surface area contributed by atoms with Gasteiger partial charge in [-0.25, -0.2) is 0 Å². The van der Waals surface area contributed by atoms with Crippen molar-refractivity contribution in [1.82, 2.24) is 40.1 Å². The second-order valence-electron chi connectivity index (χ2n) is 5.47. The van der Waals surface area contributed by atoms with E-state index in [0.717, 1.165) is 11.5 Å². The van der Waals surface area contributed by atoms with E-state index in [4.69, 9.17) is 11.6 Å². The molecule has 0 radical (unpaired) electrons. The van der Waals surface area contributed by atoms with Gasteiger partial charge >= 0.3 is 0 Å². The molecule has 0 saturated heterocycles. The number of hydrogen-bond acceptors (Lipinski definition) is 6. The molecular weight excluding hydrogens is 356 g/mol. The largest absolute Gasteiger partial charge is 0.352 e. The lowest BCUT2D eigenvalue weighted by molar-refractivity contribution is 0.0954. The summed E-state index contributed by atoms with van der Waals surface area (Å²) in [5.74, 6) is 0.527. The zero-order chi connectivity index (χ0) is 17.9. The number of rotatable bonds is 5. The maximum Gasteiger partial charge on any atom is 0.253 e. The number of amides is 1. The fourth-order valence-corrected chi connectivity index (χ4v) is 2.77. The molecule has 0 aliphatic heterocycles. The van der Waals surface area contributed by atoms with Gasteiger partial charge in [-0.2, -0.15) is 4.68 Å². The van der Waals surface area contributed by atoms with Gasteiger partial charge in [0.05, 0.1) is 11.3 Å². The van der Waals surface area contributed by atoms with Gasteiger partial charge in [-0.15, -0.1) is 15.3 Å². The van der Waals surface area contributed by atoms with Crippen LogP contribution < -0.4 is 5.32 Å². The van der Waals surface area contributed by atoms with Crippen LogP contribution >= 0.6 is 11.6 Å². The molecule has 1 N–H and O–H groups in total. The molecule has 26 heavy (non-hydrogen) atoms. The highest BCUT2D eigenvalue weighted by Gasteiger charge is 2.14. The van der Waals surface area contributed by atoms with Gasteiger partial charge in [-0.3, -0.25) is 9.20 Å². The zero-order valence-corrected chi connectivity index (χ0v) is 14.2. The Balaban J connectivity index is 1.49. The summed E-state index contributed by atoms with van der Waals surface area (Å²) in [5, 5.41) is 22.6. The molecule has 4 rings (SSSR count). The Morgan fingerprint density at radius 1 is 1.19 bits per heavy atom. The third kappa shape index (κ3) is 3.11. The molecule has 4 aromatic rings. The first-order valence-corrected chi connectivity index (χ1v) is 8.20. The number of pyridine rings is 1. The predicted molar refractivity (Wildman–Crippen MR) is 93.2 cm³/mol. The number of nitrogens with one attached hydrogen (secondary N) is 1. The van der Waals surface area contributed by atoms with Gasteiger partial charge < -0.3 is 5.32 Å². The third-order valence-electron chi connectivity index (χ3n) is 3.82. The second kappa shape index (κ2) is 6.89. The number of tetrazole rings is 1. The number of benzene rings is 1. The van der Waals surface area contributed by atoms with Crippen molar-refractivity contribution in [1.29, 1.82) is 0 Å². The summed E-state index contributed by atoms with van der Waals surface area (Å²) < 4.78 is 3.29.